The van der Waals surface area contributed by atoms with E-state index in [1.54, 1.807) is 17.5 Å². The van der Waals surface area contributed by atoms with Crippen molar-refractivity contribution in [2.24, 2.45) is 0 Å². The molecule has 0 saturated heterocycles. The molecule has 0 aliphatic rings. The van der Waals surface area contributed by atoms with Crippen LogP contribution in [0.4, 0.5) is 0 Å². The van der Waals surface area contributed by atoms with Crippen molar-refractivity contribution in [1.82, 2.24) is 9.97 Å². The molecule has 0 fully saturated rings. The molecule has 0 radical (unpaired) electrons. The number of ketones is 1. The summed E-state index contributed by atoms with van der Waals surface area (Å²) < 4.78 is 2.10. The molecule has 3 nitrogen and oxygen atoms in total. The first-order chi connectivity index (χ1) is 10.7. The standard InChI is InChI=1S/C17H15BrN2OS/c1-2-4-13(21)9-16-20-15-8-12(7-14(18)17(15)22-16)11-5-3-6-19-10-11/h3,5-8,10H,2,4,9H2,1H3. The summed E-state index contributed by atoms with van der Waals surface area (Å²) in [5.74, 6) is 0.255. The van der Waals surface area contributed by atoms with Crippen molar-refractivity contribution < 1.29 is 4.79 Å². The Bertz CT molecular complexity index is 814. The second-order valence-corrected chi connectivity index (χ2v) is 7.06. The minimum absolute atomic E-state index is 0.255. The number of Topliss-reactive ketones (excluding diaryl/α,β-unsaturated/α-hetero) is 1. The van der Waals surface area contributed by atoms with E-state index in [1.165, 1.54) is 0 Å². The van der Waals surface area contributed by atoms with Crippen LogP contribution in [0.15, 0.2) is 41.1 Å². The van der Waals surface area contributed by atoms with Crippen LogP contribution in [0.2, 0.25) is 0 Å². The minimum atomic E-state index is 0.255. The molecule has 2 heterocycles. The highest BCUT2D eigenvalue weighted by molar-refractivity contribution is 9.10. The molecule has 0 amide bonds. The molecule has 3 rings (SSSR count). The zero-order valence-corrected chi connectivity index (χ0v) is 14.6. The van der Waals surface area contributed by atoms with Gasteiger partial charge in [0.2, 0.25) is 0 Å². The number of hydrogen-bond donors (Lipinski definition) is 0. The maximum Gasteiger partial charge on any atom is 0.139 e. The number of aromatic nitrogens is 2. The van der Waals surface area contributed by atoms with Crippen LogP contribution >= 0.6 is 27.3 Å². The average Bonchev–Trinajstić information content (AvgIpc) is 2.91. The lowest BCUT2D eigenvalue weighted by atomic mass is 10.1. The number of rotatable bonds is 5. The first-order valence-electron chi connectivity index (χ1n) is 7.18. The Morgan fingerprint density at radius 2 is 2.18 bits per heavy atom. The van der Waals surface area contributed by atoms with Gasteiger partial charge < -0.3 is 0 Å². The molecule has 0 atom stereocenters. The topological polar surface area (TPSA) is 42.9 Å². The minimum Gasteiger partial charge on any atom is -0.299 e. The van der Waals surface area contributed by atoms with Gasteiger partial charge in [0.25, 0.3) is 0 Å². The Morgan fingerprint density at radius 3 is 2.91 bits per heavy atom. The number of nitrogens with zero attached hydrogens (tertiary/aromatic N) is 2. The average molecular weight is 375 g/mol. The molecule has 0 N–H and O–H groups in total. The number of carbonyl (C=O) groups excluding carboxylic acids is 1. The van der Waals surface area contributed by atoms with Gasteiger partial charge >= 0.3 is 0 Å². The van der Waals surface area contributed by atoms with E-state index in [4.69, 9.17) is 0 Å². The van der Waals surface area contributed by atoms with Crippen LogP contribution in [-0.2, 0) is 11.2 Å². The van der Waals surface area contributed by atoms with Gasteiger partial charge in [-0.2, -0.15) is 0 Å². The first-order valence-corrected chi connectivity index (χ1v) is 8.79. The number of thiazole rings is 1. The zero-order valence-electron chi connectivity index (χ0n) is 12.2. The van der Waals surface area contributed by atoms with E-state index in [9.17, 15) is 4.79 Å². The van der Waals surface area contributed by atoms with Crippen molar-refractivity contribution >= 4 is 43.3 Å². The quantitative estimate of drug-likeness (QED) is 0.628. The van der Waals surface area contributed by atoms with E-state index >= 15 is 0 Å². The number of carbonyl (C=O) groups is 1. The number of benzene rings is 1. The summed E-state index contributed by atoms with van der Waals surface area (Å²) in [4.78, 5) is 20.6. The van der Waals surface area contributed by atoms with E-state index < -0.39 is 0 Å². The molecule has 0 saturated carbocycles. The van der Waals surface area contributed by atoms with Crippen LogP contribution in [-0.4, -0.2) is 15.8 Å². The van der Waals surface area contributed by atoms with Crippen molar-refractivity contribution in [3.63, 3.8) is 0 Å². The van der Waals surface area contributed by atoms with Crippen LogP contribution in [0.1, 0.15) is 24.8 Å². The molecule has 0 bridgehead atoms. The SMILES string of the molecule is CCCC(=O)Cc1nc2cc(-c3cccnc3)cc(Br)c2s1. The molecule has 1 aromatic carbocycles. The fourth-order valence-electron chi connectivity index (χ4n) is 2.35. The highest BCUT2D eigenvalue weighted by Crippen LogP contribution is 2.34. The fourth-order valence-corrected chi connectivity index (χ4v) is 4.02. The van der Waals surface area contributed by atoms with Crippen molar-refractivity contribution in [2.45, 2.75) is 26.2 Å². The molecule has 0 aliphatic heterocycles. The molecular formula is C17H15BrN2OS. The van der Waals surface area contributed by atoms with Gasteiger partial charge in [-0.25, -0.2) is 4.98 Å². The lowest BCUT2D eigenvalue weighted by Gasteiger charge is -2.02. The zero-order chi connectivity index (χ0) is 15.5. The van der Waals surface area contributed by atoms with Gasteiger partial charge in [0.15, 0.2) is 0 Å². The smallest absolute Gasteiger partial charge is 0.139 e. The van der Waals surface area contributed by atoms with E-state index in [0.717, 1.165) is 37.2 Å². The van der Waals surface area contributed by atoms with Gasteiger partial charge in [-0.3, -0.25) is 9.78 Å². The van der Waals surface area contributed by atoms with Crippen molar-refractivity contribution in [1.29, 1.82) is 0 Å². The summed E-state index contributed by atoms with van der Waals surface area (Å²) in [6, 6.07) is 8.08. The van der Waals surface area contributed by atoms with Gasteiger partial charge in [0, 0.05) is 28.9 Å². The predicted molar refractivity (Wildman–Crippen MR) is 94.2 cm³/mol. The lowest BCUT2D eigenvalue weighted by Crippen LogP contribution is -2.00. The van der Waals surface area contributed by atoms with Gasteiger partial charge in [-0.1, -0.05) is 13.0 Å². The fraction of sp³-hybridized carbons (Fsp3) is 0.235. The maximum absolute atomic E-state index is 11.8. The molecule has 3 aromatic rings. The van der Waals surface area contributed by atoms with Crippen LogP contribution in [0.3, 0.4) is 0 Å². The Balaban J connectivity index is 1.98. The van der Waals surface area contributed by atoms with Gasteiger partial charge in [0.1, 0.15) is 10.8 Å². The molecule has 0 unspecified atom stereocenters. The third kappa shape index (κ3) is 3.25. The van der Waals surface area contributed by atoms with Gasteiger partial charge in [0.05, 0.1) is 16.6 Å². The second-order valence-electron chi connectivity index (χ2n) is 5.12. The van der Waals surface area contributed by atoms with Crippen molar-refractivity contribution in [3.05, 3.63) is 46.1 Å². The lowest BCUT2D eigenvalue weighted by molar-refractivity contribution is -0.118. The summed E-state index contributed by atoms with van der Waals surface area (Å²) >= 11 is 5.21. The van der Waals surface area contributed by atoms with Crippen LogP contribution < -0.4 is 0 Å². The van der Waals surface area contributed by atoms with Crippen LogP contribution in [0.25, 0.3) is 21.3 Å². The van der Waals surface area contributed by atoms with Gasteiger partial charge in [-0.05, 0) is 46.1 Å². The summed E-state index contributed by atoms with van der Waals surface area (Å²) in [5.41, 5.74) is 3.06. The Kier molecular flexibility index (Phi) is 4.64. The molecule has 2 aromatic heterocycles. The van der Waals surface area contributed by atoms with Crippen LogP contribution in [0, 0.1) is 0 Å². The van der Waals surface area contributed by atoms with E-state index in [1.807, 2.05) is 25.3 Å². The molecular weight excluding hydrogens is 360 g/mol. The first kappa shape index (κ1) is 15.3. The highest BCUT2D eigenvalue weighted by atomic mass is 79.9. The molecule has 0 spiro atoms. The highest BCUT2D eigenvalue weighted by Gasteiger charge is 2.12. The molecule has 5 heteroatoms. The van der Waals surface area contributed by atoms with E-state index in [-0.39, 0.29) is 5.78 Å². The Hall–Kier alpha value is -1.59. The third-order valence-electron chi connectivity index (χ3n) is 3.36. The van der Waals surface area contributed by atoms with Crippen molar-refractivity contribution in [3.8, 4) is 11.1 Å². The molecule has 22 heavy (non-hydrogen) atoms. The van der Waals surface area contributed by atoms with E-state index in [2.05, 4.69) is 38.0 Å². The number of pyridine rings is 1. The monoisotopic (exact) mass is 374 g/mol. The molecule has 0 aliphatic carbocycles. The summed E-state index contributed by atoms with van der Waals surface area (Å²) in [6.45, 7) is 2.02. The largest absolute Gasteiger partial charge is 0.299 e. The number of fused-ring (bicyclic) bond motifs is 1. The summed E-state index contributed by atoms with van der Waals surface area (Å²) in [6.07, 6.45) is 5.54. The van der Waals surface area contributed by atoms with Crippen LogP contribution in [0.5, 0.6) is 0 Å². The number of hydrogen-bond acceptors (Lipinski definition) is 4. The number of halogens is 1. The summed E-state index contributed by atoms with van der Waals surface area (Å²) in [7, 11) is 0. The molecule has 112 valence electrons. The Morgan fingerprint density at radius 1 is 1.32 bits per heavy atom. The summed E-state index contributed by atoms with van der Waals surface area (Å²) in [5, 5.41) is 0.887. The van der Waals surface area contributed by atoms with Gasteiger partial charge in [-0.15, -0.1) is 11.3 Å². The second kappa shape index (κ2) is 6.67. The Labute approximate surface area is 141 Å². The predicted octanol–water partition coefficient (Wildman–Crippen LogP) is 5.03. The normalized spacial score (nSPS) is 11.0. The maximum atomic E-state index is 11.8. The van der Waals surface area contributed by atoms with E-state index in [0.29, 0.717) is 12.8 Å². The van der Waals surface area contributed by atoms with Crippen molar-refractivity contribution in [2.75, 3.05) is 0 Å². The third-order valence-corrected chi connectivity index (χ3v) is 5.35.